The van der Waals surface area contributed by atoms with E-state index in [2.05, 4.69) is 116 Å². The van der Waals surface area contributed by atoms with Gasteiger partial charge in [-0.1, -0.05) is 92.4 Å². The summed E-state index contributed by atoms with van der Waals surface area (Å²) in [7, 11) is -1.68. The molecule has 0 amide bonds. The smallest absolute Gasteiger partial charge is 0.135 e. The van der Waals surface area contributed by atoms with E-state index < -0.39 is 8.07 Å². The quantitative estimate of drug-likeness (QED) is 0.290. The number of benzene rings is 3. The van der Waals surface area contributed by atoms with Gasteiger partial charge in [0.1, 0.15) is 13.9 Å². The van der Waals surface area contributed by atoms with Crippen LogP contribution in [0.15, 0.2) is 78.9 Å². The van der Waals surface area contributed by atoms with E-state index in [1.165, 1.54) is 11.1 Å². The molecule has 0 aliphatic rings. The highest BCUT2D eigenvalue weighted by atomic mass is 28.3. The van der Waals surface area contributed by atoms with Crippen LogP contribution >= 0.6 is 0 Å². The minimum Gasteiger partial charge on any atom is -0.360 e. The average Bonchev–Trinajstić information content (AvgIpc) is 3.14. The minimum absolute atomic E-state index is 0.0232. The summed E-state index contributed by atoms with van der Waals surface area (Å²) < 4.78 is 8.39. The van der Waals surface area contributed by atoms with Crippen LogP contribution in [-0.4, -0.2) is 24.5 Å². The molecular weight excluding hydrogens is 396 g/mol. The van der Waals surface area contributed by atoms with E-state index in [0.29, 0.717) is 6.61 Å². The first-order valence-corrected chi connectivity index (χ1v) is 14.5. The van der Waals surface area contributed by atoms with Crippen molar-refractivity contribution in [2.75, 3.05) is 6.61 Å². The second kappa shape index (κ2) is 9.04. The molecule has 4 aromatic rings. The second-order valence-corrected chi connectivity index (χ2v) is 14.1. The van der Waals surface area contributed by atoms with Gasteiger partial charge in [0, 0.05) is 12.0 Å². The molecule has 0 spiro atoms. The predicted molar refractivity (Wildman–Crippen MR) is 135 cm³/mol. The van der Waals surface area contributed by atoms with Crippen molar-refractivity contribution >= 4 is 31.1 Å². The van der Waals surface area contributed by atoms with Crippen LogP contribution in [0.1, 0.15) is 24.0 Å². The van der Waals surface area contributed by atoms with Crippen molar-refractivity contribution in [1.82, 2.24) is 9.78 Å². The van der Waals surface area contributed by atoms with Crippen LogP contribution in [0.25, 0.3) is 34.2 Å². The van der Waals surface area contributed by atoms with E-state index in [-0.39, 0.29) is 5.85 Å². The molecule has 31 heavy (non-hydrogen) atoms. The highest BCUT2D eigenvalue weighted by molar-refractivity contribution is 6.76. The molecular formula is C27H30N2OSi. The molecule has 4 rings (SSSR count). The highest BCUT2D eigenvalue weighted by Crippen LogP contribution is 2.32. The number of hydrogen-bond donors (Lipinski definition) is 0. The van der Waals surface area contributed by atoms with Crippen molar-refractivity contribution in [1.29, 1.82) is 0 Å². The standard InChI is InChI=1S/C27H30N2OSi/c1-5-30-27(31(2,3)4)29-26-20-23(22-14-10-7-11-15-22)17-18-24(26)25(28-29)19-16-21-12-8-6-9-13-21/h6-20,27H,5H2,1-4H3. The summed E-state index contributed by atoms with van der Waals surface area (Å²) in [4.78, 5) is 0. The zero-order chi connectivity index (χ0) is 21.8. The Morgan fingerprint density at radius 2 is 1.55 bits per heavy atom. The fourth-order valence-corrected chi connectivity index (χ4v) is 5.46. The Kier molecular flexibility index (Phi) is 6.21. The number of ether oxygens (including phenoxy) is 1. The summed E-state index contributed by atoms with van der Waals surface area (Å²) in [5.74, 6) is -0.0232. The van der Waals surface area contributed by atoms with Crippen LogP contribution in [0.3, 0.4) is 0 Å². The lowest BCUT2D eigenvalue weighted by atomic mass is 10.0. The molecule has 3 aromatic carbocycles. The first-order valence-electron chi connectivity index (χ1n) is 10.9. The summed E-state index contributed by atoms with van der Waals surface area (Å²) in [6, 6.07) is 27.5. The van der Waals surface area contributed by atoms with E-state index in [0.717, 1.165) is 22.2 Å². The molecule has 0 N–H and O–H groups in total. The monoisotopic (exact) mass is 426 g/mol. The molecule has 1 aromatic heterocycles. The molecule has 0 bridgehead atoms. The third-order valence-corrected chi connectivity index (χ3v) is 7.26. The molecule has 0 saturated heterocycles. The first-order chi connectivity index (χ1) is 15.0. The third kappa shape index (κ3) is 4.71. The van der Waals surface area contributed by atoms with E-state index in [9.17, 15) is 0 Å². The Bertz CT molecular complexity index is 1170. The lowest BCUT2D eigenvalue weighted by molar-refractivity contribution is 0.0581. The van der Waals surface area contributed by atoms with Crippen molar-refractivity contribution in [2.45, 2.75) is 32.4 Å². The number of aromatic nitrogens is 2. The fourth-order valence-electron chi connectivity index (χ4n) is 3.86. The molecule has 0 saturated carbocycles. The lowest BCUT2D eigenvalue weighted by Gasteiger charge is -2.29. The normalized spacial score (nSPS) is 13.2. The van der Waals surface area contributed by atoms with Crippen molar-refractivity contribution in [3.63, 3.8) is 0 Å². The van der Waals surface area contributed by atoms with E-state index in [1.54, 1.807) is 0 Å². The van der Waals surface area contributed by atoms with Gasteiger partial charge in [-0.2, -0.15) is 5.10 Å². The van der Waals surface area contributed by atoms with E-state index in [1.807, 2.05) is 6.07 Å². The Morgan fingerprint density at radius 3 is 2.19 bits per heavy atom. The van der Waals surface area contributed by atoms with Crippen LogP contribution < -0.4 is 0 Å². The molecule has 3 nitrogen and oxygen atoms in total. The van der Waals surface area contributed by atoms with Gasteiger partial charge >= 0.3 is 0 Å². The molecule has 0 aliphatic carbocycles. The van der Waals surface area contributed by atoms with Gasteiger partial charge in [0.05, 0.1) is 11.2 Å². The number of nitrogens with zero attached hydrogens (tertiary/aromatic N) is 2. The Labute approximate surface area is 186 Å². The largest absolute Gasteiger partial charge is 0.360 e. The summed E-state index contributed by atoms with van der Waals surface area (Å²) in [6.07, 6.45) is 4.24. The van der Waals surface area contributed by atoms with Gasteiger partial charge in [0.2, 0.25) is 0 Å². The molecule has 158 valence electrons. The van der Waals surface area contributed by atoms with Crippen LogP contribution in [0.2, 0.25) is 19.6 Å². The highest BCUT2D eigenvalue weighted by Gasteiger charge is 2.31. The molecule has 1 unspecified atom stereocenters. The van der Waals surface area contributed by atoms with Crippen LogP contribution in [0.5, 0.6) is 0 Å². The number of fused-ring (bicyclic) bond motifs is 1. The van der Waals surface area contributed by atoms with Gasteiger partial charge in [-0.15, -0.1) is 0 Å². The Hall–Kier alpha value is -2.95. The van der Waals surface area contributed by atoms with Crippen molar-refractivity contribution in [3.8, 4) is 11.1 Å². The van der Waals surface area contributed by atoms with Gasteiger partial charge in [0.15, 0.2) is 0 Å². The van der Waals surface area contributed by atoms with Gasteiger partial charge in [-0.25, -0.2) is 4.68 Å². The van der Waals surface area contributed by atoms with Crippen LogP contribution in [-0.2, 0) is 4.74 Å². The Balaban J connectivity index is 1.88. The number of hydrogen-bond acceptors (Lipinski definition) is 2. The second-order valence-electron chi connectivity index (χ2n) is 8.85. The van der Waals surface area contributed by atoms with Gasteiger partial charge < -0.3 is 4.74 Å². The molecule has 4 heteroatoms. The molecule has 0 aliphatic heterocycles. The maximum Gasteiger partial charge on any atom is 0.135 e. The lowest BCUT2D eigenvalue weighted by Crippen LogP contribution is -2.37. The van der Waals surface area contributed by atoms with Crippen LogP contribution in [0.4, 0.5) is 0 Å². The van der Waals surface area contributed by atoms with Gasteiger partial charge in [-0.3, -0.25) is 0 Å². The number of rotatable bonds is 7. The summed E-state index contributed by atoms with van der Waals surface area (Å²) >= 11 is 0. The summed E-state index contributed by atoms with van der Waals surface area (Å²) in [5, 5.41) is 6.21. The fraction of sp³-hybridized carbons (Fsp3) is 0.222. The zero-order valence-electron chi connectivity index (χ0n) is 18.7. The molecule has 0 fully saturated rings. The van der Waals surface area contributed by atoms with Crippen molar-refractivity contribution in [3.05, 3.63) is 90.1 Å². The maximum atomic E-state index is 6.26. The summed E-state index contributed by atoms with van der Waals surface area (Å²) in [6.45, 7) is 9.73. The first kappa shape index (κ1) is 21.3. The van der Waals surface area contributed by atoms with Gasteiger partial charge in [0.25, 0.3) is 0 Å². The third-order valence-electron chi connectivity index (χ3n) is 5.36. The molecule has 1 heterocycles. The maximum absolute atomic E-state index is 6.26. The van der Waals surface area contributed by atoms with E-state index in [4.69, 9.17) is 9.84 Å². The predicted octanol–water partition coefficient (Wildman–Crippen LogP) is 7.29. The SMILES string of the molecule is CCOC(n1nc(C=Cc2ccccc2)c2ccc(-c3ccccc3)cc21)[Si](C)(C)C. The van der Waals surface area contributed by atoms with Crippen LogP contribution in [0, 0.1) is 0 Å². The molecule has 1 atom stereocenters. The van der Waals surface area contributed by atoms with E-state index >= 15 is 0 Å². The Morgan fingerprint density at radius 1 is 0.871 bits per heavy atom. The van der Waals surface area contributed by atoms with Gasteiger partial charge in [-0.05, 0) is 41.8 Å². The summed E-state index contributed by atoms with van der Waals surface area (Å²) in [5.41, 5.74) is 5.66. The van der Waals surface area contributed by atoms with Crippen molar-refractivity contribution in [2.24, 2.45) is 0 Å². The molecule has 0 radical (unpaired) electrons. The topological polar surface area (TPSA) is 27.1 Å². The zero-order valence-corrected chi connectivity index (χ0v) is 19.7. The average molecular weight is 427 g/mol. The van der Waals surface area contributed by atoms with Crippen molar-refractivity contribution < 1.29 is 4.74 Å². The minimum atomic E-state index is -1.68.